The molecule has 1 heterocycles. The molecule has 0 saturated heterocycles. The molecule has 4 heteroatoms. The van der Waals surface area contributed by atoms with Gasteiger partial charge in [-0.1, -0.05) is 18.2 Å². The normalized spacial score (nSPS) is 11.0. The molecule has 0 radical (unpaired) electrons. The molecule has 96 valence electrons. The second kappa shape index (κ2) is 5.23. The molecule has 0 aliphatic rings. The molecule has 2 aromatic carbocycles. The summed E-state index contributed by atoms with van der Waals surface area (Å²) in [7, 11) is 0. The summed E-state index contributed by atoms with van der Waals surface area (Å²) in [5.41, 5.74) is 6.96. The van der Waals surface area contributed by atoms with E-state index in [1.54, 1.807) is 29.2 Å². The quantitative estimate of drug-likeness (QED) is 0.547. The summed E-state index contributed by atoms with van der Waals surface area (Å²) in [4.78, 5) is 0.905. The molecule has 3 aromatic rings. The van der Waals surface area contributed by atoms with Crippen LogP contribution in [0.15, 0.2) is 52.7 Å². The van der Waals surface area contributed by atoms with E-state index in [-0.39, 0.29) is 11.5 Å². The molecule has 0 atom stereocenters. The number of thiophene rings is 1. The number of nitrogen functional groups attached to an aromatic ring is 1. The van der Waals surface area contributed by atoms with E-state index in [0.717, 1.165) is 10.6 Å². The van der Waals surface area contributed by atoms with Crippen LogP contribution in [0.5, 0.6) is 0 Å². The predicted octanol–water partition coefficient (Wildman–Crippen LogP) is 4.91. The van der Waals surface area contributed by atoms with Crippen LogP contribution in [-0.2, 0) is 5.75 Å². The Labute approximate surface area is 119 Å². The van der Waals surface area contributed by atoms with E-state index in [4.69, 9.17) is 5.73 Å². The van der Waals surface area contributed by atoms with Crippen molar-refractivity contribution in [3.63, 3.8) is 0 Å². The smallest absolute Gasteiger partial charge is 0.147 e. The summed E-state index contributed by atoms with van der Waals surface area (Å²) in [6, 6.07) is 13.3. The van der Waals surface area contributed by atoms with Gasteiger partial charge in [-0.25, -0.2) is 4.39 Å². The maximum atomic E-state index is 13.4. The van der Waals surface area contributed by atoms with Crippen molar-refractivity contribution < 1.29 is 4.39 Å². The van der Waals surface area contributed by atoms with Crippen molar-refractivity contribution in [2.45, 2.75) is 10.6 Å². The highest BCUT2D eigenvalue weighted by molar-refractivity contribution is 7.98. The summed E-state index contributed by atoms with van der Waals surface area (Å²) < 4.78 is 14.7. The number of fused-ring (bicyclic) bond motifs is 1. The summed E-state index contributed by atoms with van der Waals surface area (Å²) in [5, 5.41) is 3.46. The molecule has 1 aromatic heterocycles. The first kappa shape index (κ1) is 12.5. The molecule has 0 aliphatic heterocycles. The molecule has 0 saturated carbocycles. The number of halogens is 1. The Morgan fingerprint density at radius 3 is 2.84 bits per heavy atom. The Balaban J connectivity index is 1.80. The lowest BCUT2D eigenvalue weighted by Gasteiger charge is -2.03. The van der Waals surface area contributed by atoms with Crippen LogP contribution in [-0.4, -0.2) is 0 Å². The molecule has 0 spiro atoms. The third-order valence-corrected chi connectivity index (χ3v) is 4.98. The number of thioether (sulfide) groups is 1. The summed E-state index contributed by atoms with van der Waals surface area (Å²) in [6.45, 7) is 0. The zero-order valence-corrected chi connectivity index (χ0v) is 11.7. The van der Waals surface area contributed by atoms with Gasteiger partial charge in [-0.05, 0) is 40.6 Å². The first-order valence-corrected chi connectivity index (χ1v) is 7.73. The van der Waals surface area contributed by atoms with Crippen LogP contribution in [0.4, 0.5) is 10.1 Å². The van der Waals surface area contributed by atoms with Crippen molar-refractivity contribution in [1.29, 1.82) is 0 Å². The van der Waals surface area contributed by atoms with Crippen LogP contribution in [0.25, 0.3) is 10.1 Å². The third kappa shape index (κ3) is 2.60. The first-order chi connectivity index (χ1) is 9.24. The van der Waals surface area contributed by atoms with E-state index in [0.29, 0.717) is 0 Å². The minimum atomic E-state index is -0.347. The number of nitrogens with two attached hydrogens (primary N) is 1. The Morgan fingerprint density at radius 1 is 1.16 bits per heavy atom. The first-order valence-electron chi connectivity index (χ1n) is 5.87. The van der Waals surface area contributed by atoms with E-state index >= 15 is 0 Å². The highest BCUT2D eigenvalue weighted by Gasteiger charge is 2.05. The summed E-state index contributed by atoms with van der Waals surface area (Å²) in [6.07, 6.45) is 0. The molecule has 0 bridgehead atoms. The Hall–Kier alpha value is -1.52. The van der Waals surface area contributed by atoms with Gasteiger partial charge < -0.3 is 5.73 Å². The number of benzene rings is 2. The summed E-state index contributed by atoms with van der Waals surface area (Å²) in [5.74, 6) is 0.494. The van der Waals surface area contributed by atoms with Gasteiger partial charge >= 0.3 is 0 Å². The highest BCUT2D eigenvalue weighted by Crippen LogP contribution is 2.31. The number of hydrogen-bond acceptors (Lipinski definition) is 3. The van der Waals surface area contributed by atoms with E-state index in [1.807, 2.05) is 18.2 Å². The van der Waals surface area contributed by atoms with E-state index in [2.05, 4.69) is 17.5 Å². The predicted molar refractivity (Wildman–Crippen MR) is 82.2 cm³/mol. The lowest BCUT2D eigenvalue weighted by atomic mass is 10.2. The monoisotopic (exact) mass is 289 g/mol. The minimum absolute atomic E-state index is 0.199. The third-order valence-electron chi connectivity index (χ3n) is 2.93. The fourth-order valence-electron chi connectivity index (χ4n) is 1.90. The van der Waals surface area contributed by atoms with Gasteiger partial charge in [0.1, 0.15) is 5.82 Å². The highest BCUT2D eigenvalue weighted by atomic mass is 32.2. The number of hydrogen-bond donors (Lipinski definition) is 1. The second-order valence-electron chi connectivity index (χ2n) is 4.23. The molecule has 1 nitrogen and oxygen atoms in total. The van der Waals surface area contributed by atoms with Crippen LogP contribution in [0.2, 0.25) is 0 Å². The Kier molecular flexibility index (Phi) is 3.44. The lowest BCUT2D eigenvalue weighted by Crippen LogP contribution is -1.89. The summed E-state index contributed by atoms with van der Waals surface area (Å²) >= 11 is 3.37. The van der Waals surface area contributed by atoms with Crippen LogP contribution >= 0.6 is 23.1 Å². The van der Waals surface area contributed by atoms with Crippen LogP contribution < -0.4 is 5.73 Å². The van der Waals surface area contributed by atoms with Gasteiger partial charge in [0.15, 0.2) is 0 Å². The molecule has 0 unspecified atom stereocenters. The molecular weight excluding hydrogens is 277 g/mol. The molecule has 0 fully saturated rings. The molecule has 0 aliphatic carbocycles. The number of rotatable bonds is 3. The van der Waals surface area contributed by atoms with Gasteiger partial charge in [0.25, 0.3) is 0 Å². The topological polar surface area (TPSA) is 26.0 Å². The van der Waals surface area contributed by atoms with Crippen molar-refractivity contribution in [2.24, 2.45) is 0 Å². The van der Waals surface area contributed by atoms with Gasteiger partial charge in [-0.3, -0.25) is 0 Å². The zero-order chi connectivity index (χ0) is 13.2. The van der Waals surface area contributed by atoms with E-state index in [1.165, 1.54) is 21.7 Å². The second-order valence-corrected chi connectivity index (χ2v) is 6.19. The lowest BCUT2D eigenvalue weighted by molar-refractivity contribution is 0.629. The maximum absolute atomic E-state index is 13.4. The maximum Gasteiger partial charge on any atom is 0.147 e. The van der Waals surface area contributed by atoms with Crippen molar-refractivity contribution >= 4 is 38.9 Å². The van der Waals surface area contributed by atoms with Gasteiger partial charge in [-0.2, -0.15) is 0 Å². The molecule has 2 N–H and O–H groups in total. The standard InChI is InChI=1S/C15H12FNS2/c16-13-7-11(5-6-14(13)17)18-8-10-9-19-15-4-2-1-3-12(10)15/h1-7,9H,8,17H2. The van der Waals surface area contributed by atoms with Crippen LogP contribution in [0.1, 0.15) is 5.56 Å². The van der Waals surface area contributed by atoms with Gasteiger partial charge in [-0.15, -0.1) is 23.1 Å². The van der Waals surface area contributed by atoms with Gasteiger partial charge in [0, 0.05) is 15.3 Å². The van der Waals surface area contributed by atoms with Crippen molar-refractivity contribution in [3.05, 3.63) is 59.2 Å². The van der Waals surface area contributed by atoms with Gasteiger partial charge in [0.2, 0.25) is 0 Å². The fraction of sp³-hybridized carbons (Fsp3) is 0.0667. The van der Waals surface area contributed by atoms with Crippen molar-refractivity contribution in [2.75, 3.05) is 5.73 Å². The van der Waals surface area contributed by atoms with Crippen LogP contribution in [0, 0.1) is 5.82 Å². The average molecular weight is 289 g/mol. The van der Waals surface area contributed by atoms with Gasteiger partial charge in [0.05, 0.1) is 5.69 Å². The average Bonchev–Trinajstić information content (AvgIpc) is 2.83. The molecule has 19 heavy (non-hydrogen) atoms. The van der Waals surface area contributed by atoms with Crippen LogP contribution in [0.3, 0.4) is 0 Å². The Morgan fingerprint density at radius 2 is 2.00 bits per heavy atom. The fourth-order valence-corrected chi connectivity index (χ4v) is 3.88. The molecule has 3 rings (SSSR count). The largest absolute Gasteiger partial charge is 0.396 e. The van der Waals surface area contributed by atoms with Crippen molar-refractivity contribution in [3.8, 4) is 0 Å². The van der Waals surface area contributed by atoms with E-state index in [9.17, 15) is 4.39 Å². The molecular formula is C15H12FNS2. The number of anilines is 1. The van der Waals surface area contributed by atoms with E-state index < -0.39 is 0 Å². The van der Waals surface area contributed by atoms with Crippen molar-refractivity contribution in [1.82, 2.24) is 0 Å². The zero-order valence-electron chi connectivity index (χ0n) is 10.1. The minimum Gasteiger partial charge on any atom is -0.396 e. The SMILES string of the molecule is Nc1ccc(SCc2csc3ccccc23)cc1F. The Bertz CT molecular complexity index is 721. The molecule has 0 amide bonds.